The maximum absolute atomic E-state index is 12.7. The Kier molecular flexibility index (Phi) is 14.6. The predicted molar refractivity (Wildman–Crippen MR) is 151 cm³/mol. The summed E-state index contributed by atoms with van der Waals surface area (Å²) in [7, 11) is 0. The van der Waals surface area contributed by atoms with Gasteiger partial charge in [-0.05, 0) is 56.0 Å². The van der Waals surface area contributed by atoms with E-state index in [1.807, 2.05) is 24.5 Å². The van der Waals surface area contributed by atoms with Crippen molar-refractivity contribution in [3.8, 4) is 23.2 Å². The molecule has 1 heterocycles. The van der Waals surface area contributed by atoms with Gasteiger partial charge < -0.3 is 4.74 Å². The summed E-state index contributed by atoms with van der Waals surface area (Å²) in [6, 6.07) is 9.34. The van der Waals surface area contributed by atoms with Crippen LogP contribution in [0.25, 0.3) is 11.4 Å². The Balaban J connectivity index is 1.74. The average molecular weight is 506 g/mol. The third-order valence-electron chi connectivity index (χ3n) is 7.07. The number of nitriles is 1. The summed E-state index contributed by atoms with van der Waals surface area (Å²) in [6.45, 7) is 6.07. The number of carbonyl (C=O) groups is 1. The van der Waals surface area contributed by atoms with E-state index in [2.05, 4.69) is 29.9 Å². The SMILES string of the molecule is CCCCCCCCCCCCc1cnc(-c2ccc(OC(=O)C(C)(C#N)CCCCCC)cc2)nc1. The molecule has 0 aliphatic heterocycles. The van der Waals surface area contributed by atoms with Crippen molar-refractivity contribution >= 4 is 5.97 Å². The molecule has 0 N–H and O–H groups in total. The maximum Gasteiger partial charge on any atom is 0.331 e. The van der Waals surface area contributed by atoms with Crippen LogP contribution in [0, 0.1) is 16.7 Å². The fourth-order valence-corrected chi connectivity index (χ4v) is 4.45. The molecule has 5 heteroatoms. The molecule has 0 radical (unpaired) electrons. The zero-order chi connectivity index (χ0) is 26.8. The number of hydrogen-bond donors (Lipinski definition) is 0. The number of unbranched alkanes of at least 4 members (excludes halogenated alkanes) is 12. The lowest BCUT2D eigenvalue weighted by atomic mass is 9.86. The van der Waals surface area contributed by atoms with E-state index < -0.39 is 11.4 Å². The van der Waals surface area contributed by atoms with Gasteiger partial charge in [-0.25, -0.2) is 14.8 Å². The van der Waals surface area contributed by atoms with Crippen molar-refractivity contribution in [2.24, 2.45) is 5.41 Å². The highest BCUT2D eigenvalue weighted by molar-refractivity contribution is 5.81. The van der Waals surface area contributed by atoms with Crippen molar-refractivity contribution in [1.29, 1.82) is 5.26 Å². The Bertz CT molecular complexity index is 934. The minimum Gasteiger partial charge on any atom is -0.425 e. The topological polar surface area (TPSA) is 75.9 Å². The Labute approximate surface area is 225 Å². The molecule has 1 unspecified atom stereocenters. The number of aromatic nitrogens is 2. The van der Waals surface area contributed by atoms with Crippen LogP contribution in [0.1, 0.15) is 123 Å². The van der Waals surface area contributed by atoms with Gasteiger partial charge in [-0.3, -0.25) is 0 Å². The first-order chi connectivity index (χ1) is 18.0. The van der Waals surface area contributed by atoms with Gasteiger partial charge in [0.05, 0.1) is 6.07 Å². The van der Waals surface area contributed by atoms with Gasteiger partial charge in [-0.2, -0.15) is 5.26 Å². The summed E-state index contributed by atoms with van der Waals surface area (Å²) < 4.78 is 5.54. The minimum absolute atomic E-state index is 0.432. The Morgan fingerprint density at radius 1 is 0.811 bits per heavy atom. The first-order valence-corrected chi connectivity index (χ1v) is 14.6. The van der Waals surface area contributed by atoms with Gasteiger partial charge in [0.25, 0.3) is 0 Å². The molecular formula is C32H47N3O2. The number of ether oxygens (including phenoxy) is 1. The highest BCUT2D eigenvalue weighted by Crippen LogP contribution is 2.28. The zero-order valence-corrected chi connectivity index (χ0v) is 23.4. The number of benzene rings is 1. The minimum atomic E-state index is -1.13. The molecular weight excluding hydrogens is 458 g/mol. The Morgan fingerprint density at radius 2 is 1.32 bits per heavy atom. The summed E-state index contributed by atoms with van der Waals surface area (Å²) in [4.78, 5) is 21.7. The van der Waals surface area contributed by atoms with Crippen LogP contribution >= 0.6 is 0 Å². The van der Waals surface area contributed by atoms with E-state index in [1.54, 1.807) is 19.1 Å². The van der Waals surface area contributed by atoms with Crippen molar-refractivity contribution in [2.75, 3.05) is 0 Å². The monoisotopic (exact) mass is 505 g/mol. The van der Waals surface area contributed by atoms with Crippen LogP contribution in [-0.4, -0.2) is 15.9 Å². The van der Waals surface area contributed by atoms with Crippen molar-refractivity contribution in [1.82, 2.24) is 9.97 Å². The third-order valence-corrected chi connectivity index (χ3v) is 7.07. The van der Waals surface area contributed by atoms with Crippen molar-refractivity contribution in [3.63, 3.8) is 0 Å². The molecule has 1 atom stereocenters. The van der Waals surface area contributed by atoms with Crippen LogP contribution in [0.5, 0.6) is 5.75 Å². The lowest BCUT2D eigenvalue weighted by molar-refractivity contribution is -0.142. The molecule has 0 bridgehead atoms. The van der Waals surface area contributed by atoms with Crippen molar-refractivity contribution in [3.05, 3.63) is 42.2 Å². The van der Waals surface area contributed by atoms with Crippen LogP contribution in [0.4, 0.5) is 0 Å². The van der Waals surface area contributed by atoms with Gasteiger partial charge in [0, 0.05) is 18.0 Å². The molecule has 1 aromatic heterocycles. The standard InChI is InChI=1S/C32H47N3O2/c1-4-6-8-10-11-12-13-14-15-16-18-27-24-34-30(35-25-27)28-19-21-29(22-20-28)37-31(36)32(3,26-33)23-17-9-7-5-2/h19-22,24-25H,4-18,23H2,1-3H3. The van der Waals surface area contributed by atoms with Gasteiger partial charge in [0.2, 0.25) is 0 Å². The van der Waals surface area contributed by atoms with E-state index in [0.717, 1.165) is 37.7 Å². The van der Waals surface area contributed by atoms with Crippen LogP contribution < -0.4 is 4.74 Å². The van der Waals surface area contributed by atoms with Gasteiger partial charge in [-0.1, -0.05) is 97.3 Å². The summed E-state index contributed by atoms with van der Waals surface area (Å²) >= 11 is 0. The summed E-state index contributed by atoms with van der Waals surface area (Å²) in [5.41, 5.74) is 0.913. The van der Waals surface area contributed by atoms with E-state index in [4.69, 9.17) is 4.74 Å². The molecule has 5 nitrogen and oxygen atoms in total. The fourth-order valence-electron chi connectivity index (χ4n) is 4.45. The second kappa shape index (κ2) is 17.7. The quantitative estimate of drug-likeness (QED) is 0.108. The number of rotatable bonds is 19. The van der Waals surface area contributed by atoms with Crippen molar-refractivity contribution < 1.29 is 9.53 Å². The Morgan fingerprint density at radius 3 is 1.86 bits per heavy atom. The van der Waals surface area contributed by atoms with Crippen LogP contribution in [0.15, 0.2) is 36.7 Å². The van der Waals surface area contributed by atoms with E-state index in [9.17, 15) is 10.1 Å². The van der Waals surface area contributed by atoms with Gasteiger partial charge in [0.15, 0.2) is 11.2 Å². The van der Waals surface area contributed by atoms with Gasteiger partial charge in [-0.15, -0.1) is 0 Å². The van der Waals surface area contributed by atoms with Crippen LogP contribution in [-0.2, 0) is 11.2 Å². The molecule has 37 heavy (non-hydrogen) atoms. The third kappa shape index (κ3) is 11.5. The van der Waals surface area contributed by atoms with Crippen LogP contribution in [0.2, 0.25) is 0 Å². The molecule has 202 valence electrons. The largest absolute Gasteiger partial charge is 0.425 e. The molecule has 0 saturated heterocycles. The summed E-state index contributed by atoms with van der Waals surface area (Å²) in [5.74, 6) is 0.593. The molecule has 1 aromatic carbocycles. The summed E-state index contributed by atoms with van der Waals surface area (Å²) in [5, 5.41) is 9.57. The van der Waals surface area contributed by atoms with Gasteiger partial charge >= 0.3 is 5.97 Å². The van der Waals surface area contributed by atoms with Gasteiger partial charge in [0.1, 0.15) is 5.75 Å². The molecule has 2 aromatic rings. The number of hydrogen-bond acceptors (Lipinski definition) is 5. The Hall–Kier alpha value is -2.74. The maximum atomic E-state index is 12.7. The first kappa shape index (κ1) is 30.5. The first-order valence-electron chi connectivity index (χ1n) is 14.6. The molecule has 2 rings (SSSR count). The molecule has 0 saturated carbocycles. The second-order valence-electron chi connectivity index (χ2n) is 10.5. The lowest BCUT2D eigenvalue weighted by Crippen LogP contribution is -2.30. The molecule has 0 aliphatic rings. The smallest absolute Gasteiger partial charge is 0.331 e. The number of esters is 1. The number of aryl methyl sites for hydroxylation is 1. The molecule has 0 aliphatic carbocycles. The molecule has 0 fully saturated rings. The predicted octanol–water partition coefficient (Wildman–Crippen LogP) is 9.01. The zero-order valence-electron chi connectivity index (χ0n) is 23.4. The van der Waals surface area contributed by atoms with E-state index >= 15 is 0 Å². The van der Waals surface area contributed by atoms with E-state index in [0.29, 0.717) is 18.0 Å². The second-order valence-corrected chi connectivity index (χ2v) is 10.5. The highest BCUT2D eigenvalue weighted by atomic mass is 16.5. The number of nitrogens with zero attached hydrogens (tertiary/aromatic N) is 3. The van der Waals surface area contributed by atoms with E-state index in [1.165, 1.54) is 69.8 Å². The normalized spacial score (nSPS) is 12.6. The summed E-state index contributed by atoms with van der Waals surface area (Å²) in [6.07, 6.45) is 22.8. The van der Waals surface area contributed by atoms with E-state index in [-0.39, 0.29) is 0 Å². The average Bonchev–Trinajstić information content (AvgIpc) is 2.93. The lowest BCUT2D eigenvalue weighted by Gasteiger charge is -2.19. The highest BCUT2D eigenvalue weighted by Gasteiger charge is 2.35. The molecule has 0 amide bonds. The fraction of sp³-hybridized carbons (Fsp3) is 0.625. The van der Waals surface area contributed by atoms with Crippen LogP contribution in [0.3, 0.4) is 0 Å². The molecule has 0 spiro atoms. The van der Waals surface area contributed by atoms with Crippen molar-refractivity contribution in [2.45, 2.75) is 124 Å². The number of carbonyl (C=O) groups excluding carboxylic acids is 1.